The molecule has 140 valence electrons. The number of fused-ring (bicyclic) bond motifs is 1. The number of aromatic nitrogens is 1. The van der Waals surface area contributed by atoms with Crippen molar-refractivity contribution in [2.75, 3.05) is 25.1 Å². The van der Waals surface area contributed by atoms with E-state index in [0.717, 1.165) is 41.4 Å². The summed E-state index contributed by atoms with van der Waals surface area (Å²) < 4.78 is 11.4. The van der Waals surface area contributed by atoms with Gasteiger partial charge in [0, 0.05) is 30.9 Å². The predicted octanol–water partition coefficient (Wildman–Crippen LogP) is 3.75. The molecule has 0 aliphatic carbocycles. The van der Waals surface area contributed by atoms with E-state index in [-0.39, 0.29) is 24.0 Å². The minimum atomic E-state index is 0. The monoisotopic (exact) mass is 468 g/mol. The molecular weight excluding hydrogens is 443 g/mol. The molecule has 26 heavy (non-hydrogen) atoms. The first-order valence-corrected chi connectivity index (χ1v) is 8.61. The Bertz CT molecular complexity index is 752. The predicted molar refractivity (Wildman–Crippen MR) is 115 cm³/mol. The van der Waals surface area contributed by atoms with Crippen LogP contribution in [0.1, 0.15) is 24.6 Å². The third-order valence-electron chi connectivity index (χ3n) is 3.86. The van der Waals surface area contributed by atoms with Gasteiger partial charge in [-0.1, -0.05) is 6.07 Å². The fourth-order valence-electron chi connectivity index (χ4n) is 2.52. The number of guanidine groups is 1. The maximum Gasteiger partial charge on any atom is 0.196 e. The molecule has 0 spiro atoms. The molecule has 1 aromatic heterocycles. The zero-order valence-corrected chi connectivity index (χ0v) is 17.4. The molecule has 0 bridgehead atoms. The molecule has 0 unspecified atom stereocenters. The number of anilines is 1. The van der Waals surface area contributed by atoms with Crippen molar-refractivity contribution in [3.05, 3.63) is 47.8 Å². The molecular formula is C19H25IN4O2. The number of nitrogens with one attached hydrogen (secondary N) is 2. The number of halogens is 1. The topological polar surface area (TPSA) is 67.8 Å². The van der Waals surface area contributed by atoms with Crippen molar-refractivity contribution < 1.29 is 9.47 Å². The maximum absolute atomic E-state index is 5.74. The molecule has 6 nitrogen and oxygen atoms in total. The molecule has 7 heteroatoms. The third kappa shape index (κ3) is 5.48. The van der Waals surface area contributed by atoms with Crippen LogP contribution in [0.3, 0.4) is 0 Å². The molecule has 0 saturated heterocycles. The quantitative estimate of drug-likeness (QED) is 0.407. The number of rotatable bonds is 4. The zero-order valence-electron chi connectivity index (χ0n) is 15.1. The lowest BCUT2D eigenvalue weighted by Crippen LogP contribution is -2.30. The van der Waals surface area contributed by atoms with Gasteiger partial charge < -0.3 is 20.1 Å². The van der Waals surface area contributed by atoms with E-state index in [1.165, 1.54) is 0 Å². The highest BCUT2D eigenvalue weighted by Gasteiger charge is 2.11. The third-order valence-corrected chi connectivity index (χ3v) is 3.86. The highest BCUT2D eigenvalue weighted by Crippen LogP contribution is 2.32. The van der Waals surface area contributed by atoms with Gasteiger partial charge in [0.05, 0.1) is 25.5 Å². The van der Waals surface area contributed by atoms with Crippen molar-refractivity contribution in [1.29, 1.82) is 0 Å². The number of hydrogen-bond acceptors (Lipinski definition) is 4. The van der Waals surface area contributed by atoms with Crippen LogP contribution in [0, 0.1) is 6.92 Å². The van der Waals surface area contributed by atoms with Crippen LogP contribution in [0.25, 0.3) is 0 Å². The van der Waals surface area contributed by atoms with E-state index in [4.69, 9.17) is 9.47 Å². The van der Waals surface area contributed by atoms with Crippen LogP contribution >= 0.6 is 24.0 Å². The Balaban J connectivity index is 0.00000243. The van der Waals surface area contributed by atoms with Gasteiger partial charge in [0.15, 0.2) is 17.5 Å². The molecule has 0 atom stereocenters. The van der Waals surface area contributed by atoms with Crippen molar-refractivity contribution in [2.45, 2.75) is 26.8 Å². The summed E-state index contributed by atoms with van der Waals surface area (Å²) in [5.41, 5.74) is 3.01. The second kappa shape index (κ2) is 10.2. The Morgan fingerprint density at radius 3 is 2.77 bits per heavy atom. The van der Waals surface area contributed by atoms with Crippen LogP contribution in [0.5, 0.6) is 11.5 Å². The van der Waals surface area contributed by atoms with Crippen molar-refractivity contribution in [3.63, 3.8) is 0 Å². The molecule has 2 heterocycles. The molecule has 2 aromatic rings. The highest BCUT2D eigenvalue weighted by atomic mass is 127. The summed E-state index contributed by atoms with van der Waals surface area (Å²) in [6.45, 7) is 6.74. The molecule has 0 fully saturated rings. The van der Waals surface area contributed by atoms with Gasteiger partial charge in [0.1, 0.15) is 0 Å². The van der Waals surface area contributed by atoms with Crippen molar-refractivity contribution >= 4 is 35.6 Å². The highest BCUT2D eigenvalue weighted by molar-refractivity contribution is 14.0. The maximum atomic E-state index is 5.74. The summed E-state index contributed by atoms with van der Waals surface area (Å²) in [6.07, 6.45) is 2.69. The lowest BCUT2D eigenvalue weighted by Gasteiger charge is -2.14. The summed E-state index contributed by atoms with van der Waals surface area (Å²) in [6, 6.07) is 9.81. The van der Waals surface area contributed by atoms with Crippen LogP contribution in [0.2, 0.25) is 0 Å². The Morgan fingerprint density at radius 2 is 2.00 bits per heavy atom. The van der Waals surface area contributed by atoms with E-state index in [0.29, 0.717) is 25.7 Å². The SMILES string of the molecule is CCNC(=NCc1ncccc1C)Nc1ccc2c(c1)OCCCO2.I. The molecule has 2 N–H and O–H groups in total. The Kier molecular flexibility index (Phi) is 7.96. The van der Waals surface area contributed by atoms with Gasteiger partial charge in [-0.25, -0.2) is 4.99 Å². The van der Waals surface area contributed by atoms with E-state index in [2.05, 4.69) is 20.6 Å². The Hall–Kier alpha value is -2.03. The summed E-state index contributed by atoms with van der Waals surface area (Å²) in [5.74, 6) is 2.26. The van der Waals surface area contributed by atoms with Crippen LogP contribution < -0.4 is 20.1 Å². The van der Waals surface area contributed by atoms with Gasteiger partial charge in [-0.15, -0.1) is 24.0 Å². The van der Waals surface area contributed by atoms with Gasteiger partial charge in [0.2, 0.25) is 0 Å². The van der Waals surface area contributed by atoms with Crippen molar-refractivity contribution in [1.82, 2.24) is 10.3 Å². The first kappa shape index (κ1) is 20.3. The van der Waals surface area contributed by atoms with Gasteiger partial charge in [0.25, 0.3) is 0 Å². The van der Waals surface area contributed by atoms with E-state index in [1.54, 1.807) is 6.20 Å². The first-order chi connectivity index (χ1) is 12.3. The average Bonchev–Trinajstić information content (AvgIpc) is 2.86. The van der Waals surface area contributed by atoms with Crippen LogP contribution in [-0.4, -0.2) is 30.7 Å². The van der Waals surface area contributed by atoms with Crippen LogP contribution in [-0.2, 0) is 6.54 Å². The van der Waals surface area contributed by atoms with E-state index in [9.17, 15) is 0 Å². The molecule has 0 radical (unpaired) electrons. The fraction of sp³-hybridized carbons (Fsp3) is 0.368. The minimum absolute atomic E-state index is 0. The largest absolute Gasteiger partial charge is 0.490 e. The molecule has 0 saturated carbocycles. The second-order valence-electron chi connectivity index (χ2n) is 5.80. The van der Waals surface area contributed by atoms with E-state index >= 15 is 0 Å². The second-order valence-corrected chi connectivity index (χ2v) is 5.80. The summed E-state index contributed by atoms with van der Waals surface area (Å²) in [5, 5.41) is 6.57. The van der Waals surface area contributed by atoms with Gasteiger partial charge in [-0.2, -0.15) is 0 Å². The summed E-state index contributed by atoms with van der Waals surface area (Å²) >= 11 is 0. The zero-order chi connectivity index (χ0) is 17.5. The molecule has 0 amide bonds. The van der Waals surface area contributed by atoms with Crippen LogP contribution in [0.4, 0.5) is 5.69 Å². The number of nitrogens with zero attached hydrogens (tertiary/aromatic N) is 2. The van der Waals surface area contributed by atoms with E-state index in [1.807, 2.05) is 44.2 Å². The number of hydrogen-bond donors (Lipinski definition) is 2. The Labute approximate surface area is 171 Å². The number of aliphatic imine (C=N–C) groups is 1. The van der Waals surface area contributed by atoms with Crippen molar-refractivity contribution in [2.24, 2.45) is 4.99 Å². The van der Waals surface area contributed by atoms with Gasteiger partial charge in [-0.3, -0.25) is 4.98 Å². The lowest BCUT2D eigenvalue weighted by atomic mass is 10.2. The standard InChI is InChI=1S/C19H24N4O2.HI/c1-3-20-19(22-13-16-14(2)6-4-9-21-16)23-15-7-8-17-18(12-15)25-11-5-10-24-17;/h4,6-9,12H,3,5,10-11,13H2,1-2H3,(H2,20,22,23);1H. The molecule has 1 aromatic carbocycles. The molecule has 1 aliphatic heterocycles. The van der Waals surface area contributed by atoms with E-state index < -0.39 is 0 Å². The molecule has 1 aliphatic rings. The summed E-state index contributed by atoms with van der Waals surface area (Å²) in [7, 11) is 0. The minimum Gasteiger partial charge on any atom is -0.490 e. The number of pyridine rings is 1. The Morgan fingerprint density at radius 1 is 1.19 bits per heavy atom. The van der Waals surface area contributed by atoms with Gasteiger partial charge >= 0.3 is 0 Å². The normalized spacial score (nSPS) is 13.4. The van der Waals surface area contributed by atoms with Gasteiger partial charge in [-0.05, 0) is 37.6 Å². The first-order valence-electron chi connectivity index (χ1n) is 8.61. The number of aryl methyl sites for hydroxylation is 1. The summed E-state index contributed by atoms with van der Waals surface area (Å²) in [4.78, 5) is 9.02. The lowest BCUT2D eigenvalue weighted by molar-refractivity contribution is 0.297. The molecule has 3 rings (SSSR count). The smallest absolute Gasteiger partial charge is 0.196 e. The van der Waals surface area contributed by atoms with Crippen LogP contribution in [0.15, 0.2) is 41.5 Å². The number of benzene rings is 1. The fourth-order valence-corrected chi connectivity index (χ4v) is 2.52. The number of ether oxygens (including phenoxy) is 2. The average molecular weight is 468 g/mol. The van der Waals surface area contributed by atoms with Crippen molar-refractivity contribution in [3.8, 4) is 11.5 Å².